The molecule has 2 rings (SSSR count). The van der Waals surface area contributed by atoms with Gasteiger partial charge in [0, 0.05) is 0 Å². The van der Waals surface area contributed by atoms with E-state index >= 15 is 0 Å². The van der Waals surface area contributed by atoms with Crippen molar-refractivity contribution in [1.82, 2.24) is 0 Å². The third-order valence-electron chi connectivity index (χ3n) is 2.96. The van der Waals surface area contributed by atoms with Gasteiger partial charge in [-0.15, -0.1) is 0 Å². The Morgan fingerprint density at radius 3 is 1.90 bits per heavy atom. The number of benzene rings is 2. The molecule has 0 bridgehead atoms. The molecule has 0 heterocycles. The van der Waals surface area contributed by atoms with E-state index < -0.39 is 29.4 Å². The van der Waals surface area contributed by atoms with Gasteiger partial charge in [0.15, 0.2) is 0 Å². The number of nitrogens with two attached hydrogens (primary N) is 1. The van der Waals surface area contributed by atoms with Gasteiger partial charge >= 0.3 is 6.18 Å². The molecule has 0 saturated carbocycles. The molecular weight excluding hydrogens is 357 g/mol. The molecule has 1 atom stereocenters. The molecule has 0 aliphatic heterocycles. The molecule has 0 fully saturated rings. The Labute approximate surface area is 125 Å². The lowest BCUT2D eigenvalue weighted by Gasteiger charge is -2.15. The first-order valence-corrected chi connectivity index (χ1v) is 6.56. The van der Waals surface area contributed by atoms with Crippen LogP contribution in [0.5, 0.6) is 0 Å². The van der Waals surface area contributed by atoms with Crippen LogP contribution in [0.15, 0.2) is 40.9 Å². The van der Waals surface area contributed by atoms with E-state index in [1.165, 1.54) is 12.1 Å². The fourth-order valence-corrected chi connectivity index (χ4v) is 2.10. The Morgan fingerprint density at radius 1 is 0.905 bits per heavy atom. The van der Waals surface area contributed by atoms with Crippen molar-refractivity contribution < 1.29 is 22.0 Å². The monoisotopic (exact) mass is 365 g/mol. The van der Waals surface area contributed by atoms with E-state index in [-0.39, 0.29) is 10.0 Å². The molecule has 2 aromatic carbocycles. The van der Waals surface area contributed by atoms with Gasteiger partial charge in [0.25, 0.3) is 0 Å². The Morgan fingerprint density at radius 2 is 1.43 bits per heavy atom. The SMILES string of the molecule is NC(c1ccc(Br)c(F)c1)c1ccc(C(F)(F)F)c(F)c1. The van der Waals surface area contributed by atoms with Crippen LogP contribution in [0.4, 0.5) is 22.0 Å². The first kappa shape index (κ1) is 15.9. The Hall–Kier alpha value is -1.47. The van der Waals surface area contributed by atoms with Crippen molar-refractivity contribution in [2.24, 2.45) is 5.73 Å². The van der Waals surface area contributed by atoms with Crippen LogP contribution in [0.2, 0.25) is 0 Å². The Balaban J connectivity index is 2.38. The maximum atomic E-state index is 13.5. The maximum absolute atomic E-state index is 13.5. The number of halogens is 6. The summed E-state index contributed by atoms with van der Waals surface area (Å²) < 4.78 is 64.6. The van der Waals surface area contributed by atoms with Gasteiger partial charge in [-0.2, -0.15) is 13.2 Å². The molecule has 1 nitrogen and oxygen atoms in total. The van der Waals surface area contributed by atoms with Crippen LogP contribution < -0.4 is 5.73 Å². The second-order valence-electron chi connectivity index (χ2n) is 4.39. The van der Waals surface area contributed by atoms with Gasteiger partial charge in [-0.3, -0.25) is 0 Å². The molecule has 7 heteroatoms. The minimum absolute atomic E-state index is 0.127. The molecule has 112 valence electrons. The quantitative estimate of drug-likeness (QED) is 0.760. The summed E-state index contributed by atoms with van der Waals surface area (Å²) in [7, 11) is 0. The fraction of sp³-hybridized carbons (Fsp3) is 0.143. The van der Waals surface area contributed by atoms with Crippen molar-refractivity contribution >= 4 is 15.9 Å². The minimum atomic E-state index is -4.77. The van der Waals surface area contributed by atoms with Gasteiger partial charge in [0.2, 0.25) is 0 Å². The van der Waals surface area contributed by atoms with E-state index in [0.29, 0.717) is 17.7 Å². The lowest BCUT2D eigenvalue weighted by Crippen LogP contribution is -2.14. The van der Waals surface area contributed by atoms with E-state index in [2.05, 4.69) is 15.9 Å². The van der Waals surface area contributed by atoms with Crippen LogP contribution in [-0.2, 0) is 6.18 Å². The van der Waals surface area contributed by atoms with Crippen LogP contribution in [0, 0.1) is 11.6 Å². The molecule has 0 aromatic heterocycles. The van der Waals surface area contributed by atoms with Gasteiger partial charge in [-0.25, -0.2) is 8.78 Å². The summed E-state index contributed by atoms with van der Waals surface area (Å²) >= 11 is 2.98. The van der Waals surface area contributed by atoms with Crippen LogP contribution in [-0.4, -0.2) is 0 Å². The van der Waals surface area contributed by atoms with Gasteiger partial charge in [0.05, 0.1) is 16.1 Å². The zero-order valence-corrected chi connectivity index (χ0v) is 12.0. The molecule has 0 spiro atoms. The Bertz CT molecular complexity index is 669. The van der Waals surface area contributed by atoms with E-state index in [0.717, 1.165) is 12.1 Å². The second kappa shape index (κ2) is 5.73. The van der Waals surface area contributed by atoms with Crippen molar-refractivity contribution in [2.75, 3.05) is 0 Å². The highest BCUT2D eigenvalue weighted by molar-refractivity contribution is 9.10. The molecular formula is C14H9BrF5N. The van der Waals surface area contributed by atoms with Gasteiger partial charge in [-0.1, -0.05) is 12.1 Å². The van der Waals surface area contributed by atoms with E-state index in [1.54, 1.807) is 0 Å². The van der Waals surface area contributed by atoms with Crippen molar-refractivity contribution in [3.05, 3.63) is 69.2 Å². The summed E-state index contributed by atoms with van der Waals surface area (Å²) in [6.45, 7) is 0. The molecule has 2 aromatic rings. The highest BCUT2D eigenvalue weighted by Gasteiger charge is 2.34. The molecule has 2 N–H and O–H groups in total. The van der Waals surface area contributed by atoms with Crippen molar-refractivity contribution in [1.29, 1.82) is 0 Å². The zero-order chi connectivity index (χ0) is 15.8. The average Bonchev–Trinajstić information content (AvgIpc) is 2.39. The first-order chi connectivity index (χ1) is 9.70. The van der Waals surface area contributed by atoms with Crippen LogP contribution in [0.3, 0.4) is 0 Å². The molecule has 0 saturated heterocycles. The van der Waals surface area contributed by atoms with Gasteiger partial charge in [-0.05, 0) is 51.3 Å². The first-order valence-electron chi connectivity index (χ1n) is 5.77. The lowest BCUT2D eigenvalue weighted by molar-refractivity contribution is -0.140. The molecule has 0 aliphatic carbocycles. The standard InChI is InChI=1S/C14H9BrF5N/c15-10-4-2-8(6-12(10)17)13(21)7-1-3-9(11(16)5-7)14(18,19)20/h1-6,13H,21H2. The van der Waals surface area contributed by atoms with E-state index in [1.807, 2.05) is 0 Å². The summed E-state index contributed by atoms with van der Waals surface area (Å²) in [4.78, 5) is 0. The summed E-state index contributed by atoms with van der Waals surface area (Å²) in [5.74, 6) is -1.97. The van der Waals surface area contributed by atoms with Crippen LogP contribution >= 0.6 is 15.9 Å². The van der Waals surface area contributed by atoms with E-state index in [9.17, 15) is 22.0 Å². The number of rotatable bonds is 2. The topological polar surface area (TPSA) is 26.0 Å². The molecule has 0 radical (unpaired) electrons. The number of hydrogen-bond donors (Lipinski definition) is 1. The maximum Gasteiger partial charge on any atom is 0.419 e. The minimum Gasteiger partial charge on any atom is -0.320 e. The molecule has 21 heavy (non-hydrogen) atoms. The molecule has 0 aliphatic rings. The predicted octanol–water partition coefficient (Wildman–Crippen LogP) is 4.79. The molecule has 1 unspecified atom stereocenters. The Kier molecular flexibility index (Phi) is 4.34. The fourth-order valence-electron chi connectivity index (χ4n) is 1.85. The third kappa shape index (κ3) is 3.41. The zero-order valence-electron chi connectivity index (χ0n) is 10.4. The smallest absolute Gasteiger partial charge is 0.320 e. The van der Waals surface area contributed by atoms with Crippen LogP contribution in [0.25, 0.3) is 0 Å². The summed E-state index contributed by atoms with van der Waals surface area (Å²) in [5, 5.41) is 0. The predicted molar refractivity (Wildman–Crippen MR) is 71.5 cm³/mol. The van der Waals surface area contributed by atoms with Gasteiger partial charge < -0.3 is 5.73 Å². The highest BCUT2D eigenvalue weighted by Crippen LogP contribution is 2.33. The summed E-state index contributed by atoms with van der Waals surface area (Å²) in [6, 6.07) is 5.57. The number of hydrogen-bond acceptors (Lipinski definition) is 1. The molecule has 0 amide bonds. The van der Waals surface area contributed by atoms with Crippen LogP contribution in [0.1, 0.15) is 22.7 Å². The summed E-state index contributed by atoms with van der Waals surface area (Å²) in [6.07, 6.45) is -4.77. The van der Waals surface area contributed by atoms with Crippen molar-refractivity contribution in [3.63, 3.8) is 0 Å². The van der Waals surface area contributed by atoms with Gasteiger partial charge in [0.1, 0.15) is 11.6 Å². The third-order valence-corrected chi connectivity index (χ3v) is 3.60. The van der Waals surface area contributed by atoms with E-state index in [4.69, 9.17) is 5.73 Å². The second-order valence-corrected chi connectivity index (χ2v) is 5.24. The lowest BCUT2D eigenvalue weighted by atomic mass is 9.98. The highest BCUT2D eigenvalue weighted by atomic mass is 79.9. The average molecular weight is 366 g/mol. The number of alkyl halides is 3. The largest absolute Gasteiger partial charge is 0.419 e. The normalized spacial score (nSPS) is 13.3. The van der Waals surface area contributed by atoms with Crippen molar-refractivity contribution in [3.8, 4) is 0 Å². The van der Waals surface area contributed by atoms with Crippen molar-refractivity contribution in [2.45, 2.75) is 12.2 Å². The summed E-state index contributed by atoms with van der Waals surface area (Å²) in [5.41, 5.74) is 4.93.